The van der Waals surface area contributed by atoms with E-state index in [1.807, 2.05) is 6.92 Å². The first-order valence-corrected chi connectivity index (χ1v) is 4.30. The smallest absolute Gasteiger partial charge is 0.303 e. The molecule has 0 aliphatic rings. The van der Waals surface area contributed by atoms with E-state index in [0.29, 0.717) is 18.1 Å². The van der Waals surface area contributed by atoms with Crippen LogP contribution in [0.2, 0.25) is 0 Å². The molecule has 0 saturated heterocycles. The van der Waals surface area contributed by atoms with Gasteiger partial charge >= 0.3 is 5.97 Å². The Balaban J connectivity index is 2.69. The standard InChI is InChI=1S/C9H13NO3/c1-3-7-8(4-5-9(11)12)13-6(2)10-7/h3-5H2,1-2H3,(H,11,12). The van der Waals surface area contributed by atoms with Gasteiger partial charge in [-0.15, -0.1) is 0 Å². The molecule has 4 heteroatoms. The Bertz CT molecular complexity index is 304. The fraction of sp³-hybridized carbons (Fsp3) is 0.556. The van der Waals surface area contributed by atoms with Crippen molar-refractivity contribution in [3.63, 3.8) is 0 Å². The minimum absolute atomic E-state index is 0.0988. The summed E-state index contributed by atoms with van der Waals surface area (Å²) in [5, 5.41) is 8.48. The van der Waals surface area contributed by atoms with Crippen molar-refractivity contribution in [2.45, 2.75) is 33.1 Å². The van der Waals surface area contributed by atoms with Gasteiger partial charge in [-0.05, 0) is 6.42 Å². The number of nitrogens with zero attached hydrogens (tertiary/aromatic N) is 1. The van der Waals surface area contributed by atoms with Crippen LogP contribution < -0.4 is 0 Å². The van der Waals surface area contributed by atoms with Gasteiger partial charge in [-0.3, -0.25) is 4.79 Å². The maximum absolute atomic E-state index is 10.3. The SMILES string of the molecule is CCc1nc(C)oc1CCC(=O)O. The number of oxazole rings is 1. The lowest BCUT2D eigenvalue weighted by atomic mass is 10.2. The summed E-state index contributed by atoms with van der Waals surface area (Å²) >= 11 is 0. The Kier molecular flexibility index (Phi) is 3.06. The molecule has 1 rings (SSSR count). The first-order chi connectivity index (χ1) is 6.13. The van der Waals surface area contributed by atoms with Gasteiger partial charge < -0.3 is 9.52 Å². The summed E-state index contributed by atoms with van der Waals surface area (Å²) in [6.07, 6.45) is 1.31. The number of carboxylic acid groups (broad SMARTS) is 1. The van der Waals surface area contributed by atoms with Crippen LogP contribution in [0.3, 0.4) is 0 Å². The van der Waals surface area contributed by atoms with Gasteiger partial charge in [-0.2, -0.15) is 0 Å². The Labute approximate surface area is 76.6 Å². The Morgan fingerprint density at radius 3 is 2.85 bits per heavy atom. The van der Waals surface area contributed by atoms with Crippen molar-refractivity contribution in [1.82, 2.24) is 4.98 Å². The summed E-state index contributed by atoms with van der Waals surface area (Å²) in [7, 11) is 0. The van der Waals surface area contributed by atoms with Gasteiger partial charge in [0, 0.05) is 13.3 Å². The fourth-order valence-corrected chi connectivity index (χ4v) is 1.20. The van der Waals surface area contributed by atoms with Crippen LogP contribution in [0, 0.1) is 6.92 Å². The summed E-state index contributed by atoms with van der Waals surface area (Å²) in [5.74, 6) is 0.510. The van der Waals surface area contributed by atoms with Crippen molar-refractivity contribution < 1.29 is 14.3 Å². The highest BCUT2D eigenvalue weighted by atomic mass is 16.4. The summed E-state index contributed by atoms with van der Waals surface area (Å²) in [5.41, 5.74) is 0.874. The van der Waals surface area contributed by atoms with Crippen molar-refractivity contribution in [3.8, 4) is 0 Å². The number of carboxylic acids is 1. The van der Waals surface area contributed by atoms with E-state index in [4.69, 9.17) is 9.52 Å². The largest absolute Gasteiger partial charge is 0.481 e. The van der Waals surface area contributed by atoms with Crippen molar-refractivity contribution in [1.29, 1.82) is 0 Å². The zero-order valence-corrected chi connectivity index (χ0v) is 7.83. The molecule has 0 fully saturated rings. The van der Waals surface area contributed by atoms with Crippen LogP contribution in [-0.2, 0) is 17.6 Å². The van der Waals surface area contributed by atoms with E-state index < -0.39 is 5.97 Å². The molecule has 4 nitrogen and oxygen atoms in total. The molecule has 13 heavy (non-hydrogen) atoms. The topological polar surface area (TPSA) is 63.3 Å². The summed E-state index contributed by atoms with van der Waals surface area (Å²) in [4.78, 5) is 14.5. The Morgan fingerprint density at radius 1 is 1.62 bits per heavy atom. The van der Waals surface area contributed by atoms with Crippen molar-refractivity contribution in [3.05, 3.63) is 17.3 Å². The van der Waals surface area contributed by atoms with Gasteiger partial charge in [0.1, 0.15) is 5.76 Å². The molecule has 0 saturated carbocycles. The van der Waals surface area contributed by atoms with Crippen molar-refractivity contribution >= 4 is 5.97 Å². The Morgan fingerprint density at radius 2 is 2.31 bits per heavy atom. The number of rotatable bonds is 4. The summed E-state index contributed by atoms with van der Waals surface area (Å²) in [6.45, 7) is 3.74. The van der Waals surface area contributed by atoms with Crippen LogP contribution in [0.4, 0.5) is 0 Å². The number of hydrogen-bond acceptors (Lipinski definition) is 3. The number of carbonyl (C=O) groups is 1. The molecule has 0 bridgehead atoms. The number of aliphatic carboxylic acids is 1. The van der Waals surface area contributed by atoms with Crippen LogP contribution in [-0.4, -0.2) is 16.1 Å². The second-order valence-corrected chi connectivity index (χ2v) is 2.85. The second-order valence-electron chi connectivity index (χ2n) is 2.85. The zero-order chi connectivity index (χ0) is 9.84. The molecule has 72 valence electrons. The Hall–Kier alpha value is -1.32. The quantitative estimate of drug-likeness (QED) is 0.769. The molecule has 1 heterocycles. The van der Waals surface area contributed by atoms with Gasteiger partial charge in [-0.1, -0.05) is 6.92 Å². The highest BCUT2D eigenvalue weighted by Gasteiger charge is 2.10. The third-order valence-corrected chi connectivity index (χ3v) is 1.79. The van der Waals surface area contributed by atoms with Gasteiger partial charge in [0.25, 0.3) is 0 Å². The predicted molar refractivity (Wildman–Crippen MR) is 46.6 cm³/mol. The maximum Gasteiger partial charge on any atom is 0.303 e. The van der Waals surface area contributed by atoms with Crippen molar-refractivity contribution in [2.24, 2.45) is 0 Å². The van der Waals surface area contributed by atoms with Crippen molar-refractivity contribution in [2.75, 3.05) is 0 Å². The van der Waals surface area contributed by atoms with Crippen LogP contribution in [0.5, 0.6) is 0 Å². The minimum Gasteiger partial charge on any atom is -0.481 e. The van der Waals surface area contributed by atoms with E-state index in [-0.39, 0.29) is 6.42 Å². The fourth-order valence-electron chi connectivity index (χ4n) is 1.20. The molecule has 1 aromatic rings. The third kappa shape index (κ3) is 2.57. The molecule has 0 unspecified atom stereocenters. The molecule has 0 amide bonds. The van der Waals surface area contributed by atoms with E-state index in [1.54, 1.807) is 6.92 Å². The molecule has 0 radical (unpaired) electrons. The molecular weight excluding hydrogens is 170 g/mol. The van der Waals surface area contributed by atoms with Gasteiger partial charge in [0.05, 0.1) is 12.1 Å². The average Bonchev–Trinajstić information content (AvgIpc) is 2.42. The summed E-state index contributed by atoms with van der Waals surface area (Å²) in [6, 6.07) is 0. The minimum atomic E-state index is -0.809. The van der Waals surface area contributed by atoms with Crippen LogP contribution >= 0.6 is 0 Å². The zero-order valence-electron chi connectivity index (χ0n) is 7.83. The van der Waals surface area contributed by atoms with Crippen LogP contribution in [0.15, 0.2) is 4.42 Å². The lowest BCUT2D eigenvalue weighted by Gasteiger charge is -1.94. The first-order valence-electron chi connectivity index (χ1n) is 4.30. The van der Waals surface area contributed by atoms with E-state index in [2.05, 4.69) is 4.98 Å². The average molecular weight is 183 g/mol. The molecule has 0 aromatic carbocycles. The number of aryl methyl sites for hydroxylation is 3. The number of hydrogen-bond donors (Lipinski definition) is 1. The maximum atomic E-state index is 10.3. The summed E-state index contributed by atoms with van der Waals surface area (Å²) < 4.78 is 5.28. The van der Waals surface area contributed by atoms with Gasteiger partial charge in [0.15, 0.2) is 5.89 Å². The molecular formula is C9H13NO3. The molecule has 1 N–H and O–H groups in total. The van der Waals surface area contributed by atoms with E-state index in [9.17, 15) is 4.79 Å². The highest BCUT2D eigenvalue weighted by Crippen LogP contribution is 2.13. The monoisotopic (exact) mass is 183 g/mol. The van der Waals surface area contributed by atoms with E-state index in [1.165, 1.54) is 0 Å². The molecule has 0 aliphatic carbocycles. The first kappa shape index (κ1) is 9.77. The van der Waals surface area contributed by atoms with Gasteiger partial charge in [0.2, 0.25) is 0 Å². The lowest BCUT2D eigenvalue weighted by molar-refractivity contribution is -0.137. The molecule has 0 aliphatic heterocycles. The lowest BCUT2D eigenvalue weighted by Crippen LogP contribution is -1.98. The van der Waals surface area contributed by atoms with E-state index >= 15 is 0 Å². The third-order valence-electron chi connectivity index (χ3n) is 1.79. The normalized spacial score (nSPS) is 10.3. The second kappa shape index (κ2) is 4.07. The molecule has 1 aromatic heterocycles. The van der Waals surface area contributed by atoms with E-state index in [0.717, 1.165) is 12.1 Å². The highest BCUT2D eigenvalue weighted by molar-refractivity contribution is 5.66. The molecule has 0 spiro atoms. The number of aromatic nitrogens is 1. The van der Waals surface area contributed by atoms with Crippen LogP contribution in [0.1, 0.15) is 30.7 Å². The molecule has 0 atom stereocenters. The van der Waals surface area contributed by atoms with Crippen LogP contribution in [0.25, 0.3) is 0 Å². The predicted octanol–water partition coefficient (Wildman–Crippen LogP) is 1.56. The van der Waals surface area contributed by atoms with Gasteiger partial charge in [-0.25, -0.2) is 4.98 Å².